The summed E-state index contributed by atoms with van der Waals surface area (Å²) in [5, 5.41) is 10.9. The van der Waals surface area contributed by atoms with Gasteiger partial charge in [0.2, 0.25) is 0 Å². The molecule has 5 aromatic rings. The molecule has 0 saturated carbocycles. The molecule has 0 saturated heterocycles. The van der Waals surface area contributed by atoms with Gasteiger partial charge in [-0.2, -0.15) is 0 Å². The number of ether oxygens (including phenoxy) is 1. The third-order valence-electron chi connectivity index (χ3n) is 6.66. The van der Waals surface area contributed by atoms with Gasteiger partial charge in [0.15, 0.2) is 0 Å². The van der Waals surface area contributed by atoms with E-state index in [1.807, 2.05) is 49.5 Å². The van der Waals surface area contributed by atoms with Crippen molar-refractivity contribution in [3.05, 3.63) is 100 Å². The van der Waals surface area contributed by atoms with Crippen LogP contribution in [-0.4, -0.2) is 31.9 Å². The normalized spacial score (nSPS) is 12.3. The quantitative estimate of drug-likeness (QED) is 0.374. The smallest absolute Gasteiger partial charge is 0.330 e. The zero-order valence-electron chi connectivity index (χ0n) is 19.9. The van der Waals surface area contributed by atoms with Crippen LogP contribution < -0.4 is 10.4 Å². The van der Waals surface area contributed by atoms with Gasteiger partial charge in [0.25, 0.3) is 0 Å². The number of hydrogen-bond donors (Lipinski definition) is 1. The van der Waals surface area contributed by atoms with Gasteiger partial charge >= 0.3 is 11.7 Å². The average Bonchev–Trinajstić information content (AvgIpc) is 3.32. The van der Waals surface area contributed by atoms with E-state index >= 15 is 0 Å². The van der Waals surface area contributed by atoms with Gasteiger partial charge < -0.3 is 14.4 Å². The molecule has 0 radical (unpaired) electrons. The molecule has 1 atom stereocenters. The molecule has 0 spiro atoms. The molecule has 2 aromatic heterocycles. The molecule has 2 heterocycles. The SMILES string of the molecule is COc1cccc(C(CC(=O)O)n2c(=O)n(Cc3cn(C)c4cccc(C)c34)c3ccccc32)c1. The van der Waals surface area contributed by atoms with Crippen molar-refractivity contribution in [2.45, 2.75) is 25.9 Å². The predicted octanol–water partition coefficient (Wildman–Crippen LogP) is 4.72. The molecular weight excluding hydrogens is 442 g/mol. The van der Waals surface area contributed by atoms with Crippen molar-refractivity contribution in [2.75, 3.05) is 7.11 Å². The van der Waals surface area contributed by atoms with Gasteiger partial charge in [-0.1, -0.05) is 36.4 Å². The Balaban J connectivity index is 1.72. The topological polar surface area (TPSA) is 78.4 Å². The fourth-order valence-corrected chi connectivity index (χ4v) is 5.08. The molecule has 0 aliphatic carbocycles. The molecule has 0 amide bonds. The van der Waals surface area contributed by atoms with Gasteiger partial charge in [0.05, 0.1) is 37.2 Å². The van der Waals surface area contributed by atoms with E-state index in [1.54, 1.807) is 28.4 Å². The molecule has 35 heavy (non-hydrogen) atoms. The summed E-state index contributed by atoms with van der Waals surface area (Å²) >= 11 is 0. The zero-order valence-corrected chi connectivity index (χ0v) is 19.9. The summed E-state index contributed by atoms with van der Waals surface area (Å²) in [6.45, 7) is 2.45. The Morgan fingerprint density at radius 2 is 1.71 bits per heavy atom. The van der Waals surface area contributed by atoms with Gasteiger partial charge in [-0.3, -0.25) is 13.9 Å². The first-order chi connectivity index (χ1) is 16.9. The third-order valence-corrected chi connectivity index (χ3v) is 6.66. The molecule has 0 aliphatic rings. The number of carbonyl (C=O) groups is 1. The highest BCUT2D eigenvalue weighted by Crippen LogP contribution is 2.30. The number of aromatic nitrogens is 3. The Morgan fingerprint density at radius 3 is 2.46 bits per heavy atom. The standard InChI is InChI=1S/C28H27N3O4/c1-18-8-6-13-24-27(18)20(16-29(24)2)17-30-22-11-4-5-12-23(22)31(28(30)34)25(15-26(32)33)19-9-7-10-21(14-19)35-3/h4-14,16,25H,15,17H2,1-3H3,(H,32,33). The second kappa shape index (κ2) is 8.83. The molecule has 178 valence electrons. The molecule has 5 rings (SSSR count). The number of methoxy groups -OCH3 is 1. The van der Waals surface area contributed by atoms with Crippen molar-refractivity contribution >= 4 is 27.9 Å². The number of aliphatic carboxylic acids is 1. The molecule has 7 nitrogen and oxygen atoms in total. The van der Waals surface area contributed by atoms with Crippen LogP contribution in [0.1, 0.15) is 29.2 Å². The fourth-order valence-electron chi connectivity index (χ4n) is 5.08. The van der Waals surface area contributed by atoms with Crippen LogP contribution >= 0.6 is 0 Å². The lowest BCUT2D eigenvalue weighted by molar-refractivity contribution is -0.137. The first-order valence-electron chi connectivity index (χ1n) is 11.5. The summed E-state index contributed by atoms with van der Waals surface area (Å²) in [4.78, 5) is 25.9. The van der Waals surface area contributed by atoms with E-state index in [4.69, 9.17) is 4.74 Å². The number of carboxylic acid groups (broad SMARTS) is 1. The Kier molecular flexibility index (Phi) is 5.68. The van der Waals surface area contributed by atoms with Crippen LogP contribution in [0.3, 0.4) is 0 Å². The van der Waals surface area contributed by atoms with E-state index in [1.165, 1.54) is 0 Å². The number of fused-ring (bicyclic) bond motifs is 2. The Bertz CT molecular complexity index is 1620. The summed E-state index contributed by atoms with van der Waals surface area (Å²) in [7, 11) is 3.57. The van der Waals surface area contributed by atoms with Gasteiger partial charge in [0, 0.05) is 24.1 Å². The van der Waals surface area contributed by atoms with Crippen LogP contribution in [0.15, 0.2) is 77.7 Å². The van der Waals surface area contributed by atoms with Crippen LogP contribution in [0.4, 0.5) is 0 Å². The number of nitrogens with zero attached hydrogens (tertiary/aromatic N) is 3. The van der Waals surface area contributed by atoms with Crippen molar-refractivity contribution < 1.29 is 14.6 Å². The van der Waals surface area contributed by atoms with Gasteiger partial charge in [-0.15, -0.1) is 0 Å². The molecule has 0 aliphatic heterocycles. The number of aryl methyl sites for hydroxylation is 2. The van der Waals surface area contributed by atoms with Crippen LogP contribution in [0.5, 0.6) is 5.75 Å². The minimum atomic E-state index is -0.980. The van der Waals surface area contributed by atoms with E-state index in [-0.39, 0.29) is 12.1 Å². The molecule has 7 heteroatoms. The summed E-state index contributed by atoms with van der Waals surface area (Å²) in [6.07, 6.45) is 1.83. The van der Waals surface area contributed by atoms with Crippen molar-refractivity contribution in [3.8, 4) is 5.75 Å². The highest BCUT2D eigenvalue weighted by atomic mass is 16.5. The highest BCUT2D eigenvalue weighted by Gasteiger charge is 2.25. The number of rotatable bonds is 7. The molecule has 3 aromatic carbocycles. The lowest BCUT2D eigenvalue weighted by atomic mass is 10.0. The van der Waals surface area contributed by atoms with E-state index in [0.717, 1.165) is 27.5 Å². The maximum atomic E-state index is 14.0. The van der Waals surface area contributed by atoms with Crippen molar-refractivity contribution in [1.29, 1.82) is 0 Å². The summed E-state index contributed by atoms with van der Waals surface area (Å²) < 4.78 is 10.8. The molecule has 1 N–H and O–H groups in total. The Morgan fingerprint density at radius 1 is 1.00 bits per heavy atom. The Hall–Kier alpha value is -4.26. The van der Waals surface area contributed by atoms with Gasteiger partial charge in [-0.05, 0) is 53.9 Å². The number of carboxylic acids is 1. The van der Waals surface area contributed by atoms with Gasteiger partial charge in [-0.25, -0.2) is 4.79 Å². The second-order valence-electron chi connectivity index (χ2n) is 8.85. The first-order valence-corrected chi connectivity index (χ1v) is 11.5. The maximum Gasteiger partial charge on any atom is 0.330 e. The number of para-hydroxylation sites is 2. The summed E-state index contributed by atoms with van der Waals surface area (Å²) in [6, 6.07) is 20.3. The van der Waals surface area contributed by atoms with E-state index in [0.29, 0.717) is 23.4 Å². The van der Waals surface area contributed by atoms with Crippen LogP contribution in [0, 0.1) is 6.92 Å². The van der Waals surface area contributed by atoms with Crippen LogP contribution in [0.25, 0.3) is 21.9 Å². The monoisotopic (exact) mass is 469 g/mol. The van der Waals surface area contributed by atoms with Crippen LogP contribution in [0.2, 0.25) is 0 Å². The molecule has 1 unspecified atom stereocenters. The first kappa shape index (κ1) is 22.5. The fraction of sp³-hybridized carbons (Fsp3) is 0.214. The Labute approximate surface area is 202 Å². The lowest BCUT2D eigenvalue weighted by Gasteiger charge is -2.18. The summed E-state index contributed by atoms with van der Waals surface area (Å²) in [5.74, 6) is -0.368. The number of hydrogen-bond acceptors (Lipinski definition) is 3. The van der Waals surface area contributed by atoms with E-state index in [2.05, 4.69) is 29.8 Å². The predicted molar refractivity (Wildman–Crippen MR) is 136 cm³/mol. The van der Waals surface area contributed by atoms with Crippen molar-refractivity contribution in [2.24, 2.45) is 7.05 Å². The lowest BCUT2D eigenvalue weighted by Crippen LogP contribution is -2.29. The summed E-state index contributed by atoms with van der Waals surface area (Å²) in [5.41, 5.74) is 5.22. The van der Waals surface area contributed by atoms with E-state index in [9.17, 15) is 14.7 Å². The minimum absolute atomic E-state index is 0.228. The highest BCUT2D eigenvalue weighted by molar-refractivity contribution is 5.87. The maximum absolute atomic E-state index is 14.0. The van der Waals surface area contributed by atoms with E-state index < -0.39 is 12.0 Å². The second-order valence-corrected chi connectivity index (χ2v) is 8.85. The average molecular weight is 470 g/mol. The number of benzene rings is 3. The van der Waals surface area contributed by atoms with Crippen LogP contribution in [-0.2, 0) is 18.4 Å². The largest absolute Gasteiger partial charge is 0.497 e. The van der Waals surface area contributed by atoms with Crippen molar-refractivity contribution in [3.63, 3.8) is 0 Å². The van der Waals surface area contributed by atoms with Gasteiger partial charge in [0.1, 0.15) is 5.75 Å². The molecule has 0 fully saturated rings. The zero-order chi connectivity index (χ0) is 24.7. The van der Waals surface area contributed by atoms with Crippen molar-refractivity contribution in [1.82, 2.24) is 13.7 Å². The molecule has 0 bridgehead atoms. The minimum Gasteiger partial charge on any atom is -0.497 e. The third kappa shape index (κ3) is 3.89. The number of imidazole rings is 1. The molecular formula is C28H27N3O4.